The lowest BCUT2D eigenvalue weighted by atomic mass is 10.3. The fourth-order valence-corrected chi connectivity index (χ4v) is 0.576. The number of rotatable bonds is 2. The lowest BCUT2D eigenvalue weighted by Gasteiger charge is -1.78. The van der Waals surface area contributed by atoms with Crippen molar-refractivity contribution in [3.05, 3.63) is 12.2 Å². The summed E-state index contributed by atoms with van der Waals surface area (Å²) in [7, 11) is 0. The van der Waals surface area contributed by atoms with Crippen LogP contribution in [0, 0.1) is 0 Å². The summed E-state index contributed by atoms with van der Waals surface area (Å²) in [5.74, 6) is 0. The number of aliphatic hydroxyl groups is 1. The van der Waals surface area contributed by atoms with E-state index in [4.69, 9.17) is 9.84 Å². The molecule has 2 unspecified atom stereocenters. The Hall–Kier alpha value is -0.340. The number of hydrogen-bond donors (Lipinski definition) is 1. The monoisotopic (exact) mass is 114 g/mol. The van der Waals surface area contributed by atoms with E-state index in [0.717, 1.165) is 6.42 Å². The highest BCUT2D eigenvalue weighted by molar-refractivity contribution is 4.87. The van der Waals surface area contributed by atoms with Gasteiger partial charge in [-0.15, -0.1) is 0 Å². The van der Waals surface area contributed by atoms with Gasteiger partial charge in [-0.1, -0.05) is 12.2 Å². The van der Waals surface area contributed by atoms with Gasteiger partial charge < -0.3 is 9.84 Å². The van der Waals surface area contributed by atoms with Gasteiger partial charge in [0.25, 0.3) is 0 Å². The minimum atomic E-state index is -0.480. The Kier molecular flexibility index (Phi) is 1.65. The Labute approximate surface area is 48.8 Å². The van der Waals surface area contributed by atoms with Gasteiger partial charge in [-0.05, 0) is 13.3 Å². The maximum atomic E-state index is 8.60. The van der Waals surface area contributed by atoms with Crippen LogP contribution in [0.1, 0.15) is 13.3 Å². The summed E-state index contributed by atoms with van der Waals surface area (Å²) >= 11 is 0. The molecule has 2 atom stereocenters. The lowest BCUT2D eigenvalue weighted by Crippen LogP contribution is -1.87. The quantitative estimate of drug-likeness (QED) is 0.422. The topological polar surface area (TPSA) is 32.8 Å². The van der Waals surface area contributed by atoms with Gasteiger partial charge in [-0.2, -0.15) is 0 Å². The van der Waals surface area contributed by atoms with E-state index in [1.54, 1.807) is 0 Å². The Balaban J connectivity index is 2.05. The maximum absolute atomic E-state index is 8.60. The molecule has 0 radical (unpaired) electrons. The predicted molar refractivity (Wildman–Crippen MR) is 30.3 cm³/mol. The summed E-state index contributed by atoms with van der Waals surface area (Å²) in [6.45, 7) is 1.95. The summed E-state index contributed by atoms with van der Waals surface area (Å²) < 4.78 is 4.72. The summed E-state index contributed by atoms with van der Waals surface area (Å²) in [6.07, 6.45) is 4.39. The number of ether oxygens (including phenoxy) is 1. The molecule has 0 spiro atoms. The average molecular weight is 114 g/mol. The van der Waals surface area contributed by atoms with Crippen LogP contribution in [-0.4, -0.2) is 17.5 Å². The van der Waals surface area contributed by atoms with E-state index >= 15 is 0 Å². The summed E-state index contributed by atoms with van der Waals surface area (Å²) in [5.41, 5.74) is 0. The van der Waals surface area contributed by atoms with E-state index in [1.807, 2.05) is 19.1 Å². The molecule has 0 aromatic rings. The smallest absolute Gasteiger partial charge is 0.182 e. The molecule has 1 fully saturated rings. The highest BCUT2D eigenvalue weighted by atomic mass is 16.7. The van der Waals surface area contributed by atoms with Crippen molar-refractivity contribution in [3.8, 4) is 0 Å². The first-order valence-corrected chi connectivity index (χ1v) is 2.79. The van der Waals surface area contributed by atoms with Gasteiger partial charge in [0, 0.05) is 0 Å². The Morgan fingerprint density at radius 3 is 2.75 bits per heavy atom. The third kappa shape index (κ3) is 1.32. The molecule has 1 saturated heterocycles. The van der Waals surface area contributed by atoms with Gasteiger partial charge >= 0.3 is 0 Å². The zero-order valence-corrected chi connectivity index (χ0v) is 4.87. The van der Waals surface area contributed by atoms with Crippen molar-refractivity contribution in [1.29, 1.82) is 0 Å². The van der Waals surface area contributed by atoms with Crippen LogP contribution in [0.5, 0.6) is 0 Å². The minimum absolute atomic E-state index is 0.0891. The third-order valence-electron chi connectivity index (χ3n) is 1.16. The second-order valence-corrected chi connectivity index (χ2v) is 1.87. The zero-order chi connectivity index (χ0) is 5.98. The largest absolute Gasteiger partial charge is 0.366 e. The molecule has 8 heavy (non-hydrogen) atoms. The second-order valence-electron chi connectivity index (χ2n) is 1.87. The number of allylic oxidation sites excluding steroid dienone is 1. The fourth-order valence-electron chi connectivity index (χ4n) is 0.576. The van der Waals surface area contributed by atoms with Gasteiger partial charge in [0.2, 0.25) is 0 Å². The Morgan fingerprint density at radius 1 is 1.75 bits per heavy atom. The van der Waals surface area contributed by atoms with Gasteiger partial charge in [-0.3, -0.25) is 0 Å². The van der Waals surface area contributed by atoms with E-state index in [-0.39, 0.29) is 6.10 Å². The molecule has 0 aliphatic carbocycles. The molecule has 1 aliphatic heterocycles. The normalized spacial score (nSPS) is 36.2. The van der Waals surface area contributed by atoms with Crippen molar-refractivity contribution < 1.29 is 9.84 Å². The van der Waals surface area contributed by atoms with Gasteiger partial charge in [0.15, 0.2) is 6.29 Å². The fraction of sp³-hybridized carbons (Fsp3) is 0.667. The van der Waals surface area contributed by atoms with Crippen LogP contribution in [0.2, 0.25) is 0 Å². The van der Waals surface area contributed by atoms with Crippen LogP contribution < -0.4 is 0 Å². The first-order valence-electron chi connectivity index (χ1n) is 2.79. The highest BCUT2D eigenvalue weighted by Gasteiger charge is 2.35. The molecule has 0 aromatic heterocycles. The third-order valence-corrected chi connectivity index (χ3v) is 1.16. The maximum Gasteiger partial charge on any atom is 0.182 e. The zero-order valence-electron chi connectivity index (χ0n) is 4.87. The van der Waals surface area contributed by atoms with Gasteiger partial charge in [0.05, 0.1) is 0 Å². The molecule has 0 saturated carbocycles. The Bertz CT molecular complexity index is 98.7. The highest BCUT2D eigenvalue weighted by Crippen LogP contribution is 2.22. The molecular weight excluding hydrogens is 104 g/mol. The van der Waals surface area contributed by atoms with E-state index in [2.05, 4.69) is 0 Å². The van der Waals surface area contributed by atoms with Crippen LogP contribution >= 0.6 is 0 Å². The summed E-state index contributed by atoms with van der Waals surface area (Å²) in [5, 5.41) is 8.60. The predicted octanol–water partition coefficient (Wildman–Crippen LogP) is 0.670. The number of hydrogen-bond acceptors (Lipinski definition) is 2. The van der Waals surface area contributed by atoms with Gasteiger partial charge in [-0.25, -0.2) is 0 Å². The van der Waals surface area contributed by atoms with Crippen LogP contribution in [0.4, 0.5) is 0 Å². The standard InChI is InChI=1S/C6H10O2/c1-2-3-4-5-6(7)8-5/h2-3,5-7H,4H2,1H3. The van der Waals surface area contributed by atoms with Crippen molar-refractivity contribution in [3.63, 3.8) is 0 Å². The van der Waals surface area contributed by atoms with E-state index in [1.165, 1.54) is 0 Å². The number of epoxide rings is 1. The van der Waals surface area contributed by atoms with E-state index < -0.39 is 6.29 Å². The second kappa shape index (κ2) is 2.29. The van der Waals surface area contributed by atoms with Crippen molar-refractivity contribution in [2.24, 2.45) is 0 Å². The molecule has 1 heterocycles. The molecule has 0 aromatic carbocycles. The van der Waals surface area contributed by atoms with Crippen molar-refractivity contribution in [2.75, 3.05) is 0 Å². The molecule has 2 nitrogen and oxygen atoms in total. The molecule has 2 heteroatoms. The van der Waals surface area contributed by atoms with Crippen molar-refractivity contribution in [2.45, 2.75) is 25.7 Å². The summed E-state index contributed by atoms with van der Waals surface area (Å²) in [6, 6.07) is 0. The van der Waals surface area contributed by atoms with Crippen LogP contribution in [0.25, 0.3) is 0 Å². The summed E-state index contributed by atoms with van der Waals surface area (Å²) in [4.78, 5) is 0. The van der Waals surface area contributed by atoms with Crippen LogP contribution in [-0.2, 0) is 4.74 Å². The van der Waals surface area contributed by atoms with Crippen molar-refractivity contribution in [1.82, 2.24) is 0 Å². The van der Waals surface area contributed by atoms with Gasteiger partial charge in [0.1, 0.15) is 6.10 Å². The molecule has 0 amide bonds. The van der Waals surface area contributed by atoms with E-state index in [9.17, 15) is 0 Å². The molecule has 1 aliphatic rings. The van der Waals surface area contributed by atoms with Crippen LogP contribution in [0.3, 0.4) is 0 Å². The first-order chi connectivity index (χ1) is 3.84. The first kappa shape index (κ1) is 5.79. The average Bonchev–Trinajstić information content (AvgIpc) is 2.42. The van der Waals surface area contributed by atoms with Crippen molar-refractivity contribution >= 4 is 0 Å². The van der Waals surface area contributed by atoms with E-state index in [0.29, 0.717) is 0 Å². The lowest BCUT2D eigenvalue weighted by molar-refractivity contribution is 0.156. The SMILES string of the molecule is CC=CCC1OC1O. The Morgan fingerprint density at radius 2 is 2.38 bits per heavy atom. The van der Waals surface area contributed by atoms with Crippen LogP contribution in [0.15, 0.2) is 12.2 Å². The molecular formula is C6H10O2. The molecule has 1 rings (SSSR count). The molecule has 1 N–H and O–H groups in total. The minimum Gasteiger partial charge on any atom is -0.366 e. The molecule has 46 valence electrons. The number of aliphatic hydroxyl groups excluding tert-OH is 1. The molecule has 0 bridgehead atoms.